The Labute approximate surface area is 152 Å². The predicted octanol–water partition coefficient (Wildman–Crippen LogP) is 5.46. The third kappa shape index (κ3) is 3.27. The molecule has 26 heavy (non-hydrogen) atoms. The molecule has 128 valence electrons. The molecule has 0 radical (unpaired) electrons. The summed E-state index contributed by atoms with van der Waals surface area (Å²) in [5.74, 6) is -0.463. The van der Waals surface area contributed by atoms with Gasteiger partial charge < -0.3 is 4.42 Å². The zero-order valence-electron chi connectivity index (χ0n) is 13.5. The lowest BCUT2D eigenvalue weighted by molar-refractivity contribution is 0.0996. The molecule has 2 heterocycles. The highest BCUT2D eigenvalue weighted by Crippen LogP contribution is 2.39. The zero-order chi connectivity index (χ0) is 17.9. The van der Waals surface area contributed by atoms with Crippen molar-refractivity contribution in [2.75, 3.05) is 5.32 Å². The van der Waals surface area contributed by atoms with Crippen molar-refractivity contribution < 1.29 is 13.6 Å². The number of hydrogen-bond donors (Lipinski definition) is 1. The maximum Gasteiger partial charge on any atom is 0.293 e. The highest BCUT2D eigenvalue weighted by atomic mass is 32.1. The number of nitrogens with zero attached hydrogens (tertiary/aromatic N) is 1. The summed E-state index contributed by atoms with van der Waals surface area (Å²) in [5.41, 5.74) is 2.44. The van der Waals surface area contributed by atoms with Crippen molar-refractivity contribution in [1.29, 1.82) is 0 Å². The van der Waals surface area contributed by atoms with Crippen molar-refractivity contribution in [2.45, 2.75) is 0 Å². The first-order valence-corrected chi connectivity index (χ1v) is 8.69. The summed E-state index contributed by atoms with van der Waals surface area (Å²) in [6.45, 7) is 0. The van der Waals surface area contributed by atoms with Crippen LogP contribution in [0, 0.1) is 5.82 Å². The molecule has 4 nitrogen and oxygen atoms in total. The minimum Gasteiger partial charge on any atom is -0.459 e. The molecule has 2 aromatic carbocycles. The van der Waals surface area contributed by atoms with Crippen molar-refractivity contribution in [3.63, 3.8) is 0 Å². The number of aromatic nitrogens is 1. The Morgan fingerprint density at radius 1 is 0.962 bits per heavy atom. The Morgan fingerprint density at radius 3 is 2.42 bits per heavy atom. The molecule has 6 heteroatoms. The predicted molar refractivity (Wildman–Crippen MR) is 99.6 cm³/mol. The average molecular weight is 364 g/mol. The van der Waals surface area contributed by atoms with E-state index >= 15 is 0 Å². The first-order valence-electron chi connectivity index (χ1n) is 7.88. The van der Waals surface area contributed by atoms with E-state index in [4.69, 9.17) is 4.42 Å². The molecule has 0 aliphatic carbocycles. The maximum absolute atomic E-state index is 13.3. The highest BCUT2D eigenvalue weighted by Gasteiger charge is 2.18. The molecule has 0 saturated carbocycles. The molecule has 0 bridgehead atoms. The zero-order valence-corrected chi connectivity index (χ0v) is 14.3. The van der Waals surface area contributed by atoms with E-state index in [2.05, 4.69) is 10.3 Å². The van der Waals surface area contributed by atoms with Gasteiger partial charge >= 0.3 is 0 Å². The first-order chi connectivity index (χ1) is 12.7. The summed E-state index contributed by atoms with van der Waals surface area (Å²) >= 11 is 1.36. The van der Waals surface area contributed by atoms with Crippen LogP contribution in [0.1, 0.15) is 10.6 Å². The van der Waals surface area contributed by atoms with Crippen molar-refractivity contribution >= 4 is 22.4 Å². The Bertz CT molecular complexity index is 1030. The van der Waals surface area contributed by atoms with E-state index in [0.717, 1.165) is 16.0 Å². The van der Waals surface area contributed by atoms with Gasteiger partial charge in [0.15, 0.2) is 10.9 Å². The third-order valence-electron chi connectivity index (χ3n) is 3.75. The summed E-state index contributed by atoms with van der Waals surface area (Å²) in [4.78, 5) is 17.7. The normalized spacial score (nSPS) is 10.7. The van der Waals surface area contributed by atoms with Crippen molar-refractivity contribution in [3.05, 3.63) is 84.6 Å². The summed E-state index contributed by atoms with van der Waals surface area (Å²) < 4.78 is 18.4. The van der Waals surface area contributed by atoms with E-state index in [9.17, 15) is 9.18 Å². The molecule has 0 fully saturated rings. The maximum atomic E-state index is 13.3. The second-order valence-electron chi connectivity index (χ2n) is 5.50. The van der Waals surface area contributed by atoms with Gasteiger partial charge in [0.2, 0.25) is 0 Å². The van der Waals surface area contributed by atoms with Crippen LogP contribution in [0.25, 0.3) is 21.7 Å². The van der Waals surface area contributed by atoms with Gasteiger partial charge in [0, 0.05) is 5.56 Å². The van der Waals surface area contributed by atoms with Crippen LogP contribution in [0.4, 0.5) is 9.52 Å². The number of furan rings is 1. The van der Waals surface area contributed by atoms with Crippen LogP contribution < -0.4 is 5.32 Å². The van der Waals surface area contributed by atoms with Crippen molar-refractivity contribution in [2.24, 2.45) is 0 Å². The Balaban J connectivity index is 1.75. The fourth-order valence-corrected chi connectivity index (χ4v) is 3.52. The van der Waals surface area contributed by atoms with Crippen LogP contribution >= 0.6 is 11.3 Å². The van der Waals surface area contributed by atoms with Crippen molar-refractivity contribution in [1.82, 2.24) is 4.98 Å². The van der Waals surface area contributed by atoms with Crippen molar-refractivity contribution in [3.8, 4) is 21.7 Å². The molecule has 0 saturated heterocycles. The molecule has 0 spiro atoms. The van der Waals surface area contributed by atoms with Crippen LogP contribution in [0.3, 0.4) is 0 Å². The molecule has 2 aromatic heterocycles. The average Bonchev–Trinajstić information content (AvgIpc) is 3.33. The second-order valence-corrected chi connectivity index (χ2v) is 6.50. The lowest BCUT2D eigenvalue weighted by Gasteiger charge is -2.02. The first kappa shape index (κ1) is 16.2. The Morgan fingerprint density at radius 2 is 1.73 bits per heavy atom. The van der Waals surface area contributed by atoms with Crippen LogP contribution in [-0.2, 0) is 0 Å². The number of nitrogens with one attached hydrogen (secondary N) is 1. The molecule has 1 amide bonds. The van der Waals surface area contributed by atoms with Crippen LogP contribution in [-0.4, -0.2) is 10.9 Å². The van der Waals surface area contributed by atoms with Gasteiger partial charge in [0.25, 0.3) is 5.91 Å². The number of carbonyl (C=O) groups excluding carboxylic acids is 1. The summed E-state index contributed by atoms with van der Waals surface area (Å²) in [6, 6.07) is 19.1. The van der Waals surface area contributed by atoms with Crippen LogP contribution in [0.5, 0.6) is 0 Å². The van der Waals surface area contributed by atoms with Crippen LogP contribution in [0.2, 0.25) is 0 Å². The molecule has 0 unspecified atom stereocenters. The molecule has 4 rings (SSSR count). The topological polar surface area (TPSA) is 55.1 Å². The fraction of sp³-hybridized carbons (Fsp3) is 0. The van der Waals surface area contributed by atoms with Gasteiger partial charge in [0.05, 0.1) is 16.8 Å². The smallest absolute Gasteiger partial charge is 0.293 e. The summed E-state index contributed by atoms with van der Waals surface area (Å²) in [7, 11) is 0. The quantitative estimate of drug-likeness (QED) is 0.523. The minimum atomic E-state index is -0.367. The number of amides is 1. The van der Waals surface area contributed by atoms with Gasteiger partial charge in [-0.25, -0.2) is 9.37 Å². The summed E-state index contributed by atoms with van der Waals surface area (Å²) in [6.07, 6.45) is 1.44. The van der Waals surface area contributed by atoms with E-state index in [0.29, 0.717) is 10.8 Å². The number of hydrogen-bond acceptors (Lipinski definition) is 4. The monoisotopic (exact) mass is 364 g/mol. The van der Waals surface area contributed by atoms with E-state index in [1.165, 1.54) is 29.7 Å². The van der Waals surface area contributed by atoms with Gasteiger partial charge in [-0.2, -0.15) is 0 Å². The lowest BCUT2D eigenvalue weighted by atomic mass is 10.1. The van der Waals surface area contributed by atoms with Gasteiger partial charge in [-0.3, -0.25) is 10.1 Å². The van der Waals surface area contributed by atoms with Gasteiger partial charge in [-0.05, 0) is 42.0 Å². The molecule has 0 aliphatic rings. The molecular weight excluding hydrogens is 351 g/mol. The molecule has 1 N–H and O–H groups in total. The van der Waals surface area contributed by atoms with E-state index in [1.54, 1.807) is 24.3 Å². The van der Waals surface area contributed by atoms with Crippen LogP contribution in [0.15, 0.2) is 77.4 Å². The number of carbonyl (C=O) groups is 1. The molecule has 0 atom stereocenters. The molecule has 0 aliphatic heterocycles. The number of rotatable bonds is 4. The fourth-order valence-electron chi connectivity index (χ4n) is 2.53. The van der Waals surface area contributed by atoms with Gasteiger partial charge in [-0.1, -0.05) is 41.7 Å². The summed E-state index contributed by atoms with van der Waals surface area (Å²) in [5, 5.41) is 3.21. The number of halogens is 1. The number of thiazole rings is 1. The lowest BCUT2D eigenvalue weighted by Crippen LogP contribution is -2.10. The van der Waals surface area contributed by atoms with E-state index < -0.39 is 0 Å². The van der Waals surface area contributed by atoms with E-state index in [-0.39, 0.29) is 17.5 Å². The standard InChI is InChI=1S/C20H13FN2O2S/c21-15-10-8-13(9-11-15)17-18(14-5-2-1-3-6-14)26-20(22-17)23-19(24)16-7-4-12-25-16/h1-12H,(H,22,23,24). The number of benzene rings is 2. The third-order valence-corrected chi connectivity index (χ3v) is 4.77. The van der Waals surface area contributed by atoms with Gasteiger partial charge in [-0.15, -0.1) is 0 Å². The van der Waals surface area contributed by atoms with Gasteiger partial charge in [0.1, 0.15) is 5.82 Å². The Hall–Kier alpha value is -3.25. The number of anilines is 1. The molecular formula is C20H13FN2O2S. The largest absolute Gasteiger partial charge is 0.459 e. The Kier molecular flexibility index (Phi) is 4.33. The minimum absolute atomic E-state index is 0.213. The SMILES string of the molecule is O=C(Nc1nc(-c2ccc(F)cc2)c(-c2ccccc2)s1)c1ccco1. The second kappa shape index (κ2) is 6.93. The van der Waals surface area contributed by atoms with E-state index in [1.807, 2.05) is 30.3 Å². The molecule has 4 aromatic rings. The highest BCUT2D eigenvalue weighted by molar-refractivity contribution is 7.19.